The van der Waals surface area contributed by atoms with Gasteiger partial charge in [0.1, 0.15) is 18.2 Å². The summed E-state index contributed by atoms with van der Waals surface area (Å²) in [5.74, 6) is 1.56. The van der Waals surface area contributed by atoms with Gasteiger partial charge in [0.15, 0.2) is 0 Å². The van der Waals surface area contributed by atoms with Crippen LogP contribution in [0.3, 0.4) is 0 Å². The molecule has 8 nitrogen and oxygen atoms in total. The monoisotopic (exact) mass is 431 g/mol. The van der Waals surface area contributed by atoms with Gasteiger partial charge in [-0.3, -0.25) is 19.4 Å². The minimum Gasteiger partial charge on any atom is -0.491 e. The first-order valence-electron chi connectivity index (χ1n) is 11.0. The first-order chi connectivity index (χ1) is 15.5. The lowest BCUT2D eigenvalue weighted by atomic mass is 9.73. The van der Waals surface area contributed by atoms with E-state index in [4.69, 9.17) is 4.74 Å². The number of nitrogens with zero attached hydrogens (tertiary/aromatic N) is 4. The highest BCUT2D eigenvalue weighted by Gasteiger charge is 2.48. The van der Waals surface area contributed by atoms with Gasteiger partial charge in [0.25, 0.3) is 0 Å². The lowest BCUT2D eigenvalue weighted by Gasteiger charge is -2.38. The number of carbonyl (C=O) groups is 2. The number of amides is 2. The summed E-state index contributed by atoms with van der Waals surface area (Å²) in [6, 6.07) is 9.60. The summed E-state index contributed by atoms with van der Waals surface area (Å²) in [7, 11) is 1.75. The number of nitriles is 1. The van der Waals surface area contributed by atoms with Crippen LogP contribution in [0.1, 0.15) is 36.0 Å². The van der Waals surface area contributed by atoms with Crippen molar-refractivity contribution >= 4 is 23.3 Å². The smallest absolute Gasteiger partial charge is 0.235 e. The predicted octanol–water partition coefficient (Wildman–Crippen LogP) is 2.23. The Labute approximate surface area is 186 Å². The number of carbonyl (C=O) groups excluding carboxylic acids is 2. The Morgan fingerprint density at radius 3 is 2.81 bits per heavy atom. The number of aromatic nitrogens is 1. The van der Waals surface area contributed by atoms with E-state index in [1.54, 1.807) is 24.2 Å². The SMILES string of the molecule is CN1C(=O)CCc2cc(OCCN3CCC4(CC3)C(=O)Nc3ccc(C#N)cc34)cnc21. The maximum absolute atomic E-state index is 12.8. The van der Waals surface area contributed by atoms with Crippen molar-refractivity contribution in [1.29, 1.82) is 5.26 Å². The summed E-state index contributed by atoms with van der Waals surface area (Å²) in [5, 5.41) is 12.2. The van der Waals surface area contributed by atoms with E-state index in [2.05, 4.69) is 21.3 Å². The molecule has 1 fully saturated rings. The fourth-order valence-electron chi connectivity index (χ4n) is 5.00. The number of pyridine rings is 1. The molecule has 164 valence electrons. The molecule has 0 atom stereocenters. The summed E-state index contributed by atoms with van der Waals surface area (Å²) in [6.45, 7) is 2.88. The number of fused-ring (bicyclic) bond motifs is 3. The van der Waals surface area contributed by atoms with Crippen LogP contribution < -0.4 is 15.0 Å². The first-order valence-corrected chi connectivity index (χ1v) is 11.0. The zero-order valence-electron chi connectivity index (χ0n) is 18.1. The van der Waals surface area contributed by atoms with Crippen molar-refractivity contribution in [2.24, 2.45) is 0 Å². The third-order valence-electron chi connectivity index (χ3n) is 6.95. The fourth-order valence-corrected chi connectivity index (χ4v) is 5.00. The van der Waals surface area contributed by atoms with Crippen molar-refractivity contribution in [3.8, 4) is 11.8 Å². The first kappa shape index (κ1) is 20.5. The van der Waals surface area contributed by atoms with Crippen molar-refractivity contribution in [3.63, 3.8) is 0 Å². The topological polar surface area (TPSA) is 98.6 Å². The summed E-state index contributed by atoms with van der Waals surface area (Å²) in [6.07, 6.45) is 4.30. The van der Waals surface area contributed by atoms with Crippen LogP contribution >= 0.6 is 0 Å². The molecule has 3 aliphatic rings. The van der Waals surface area contributed by atoms with Crippen LogP contribution in [0.5, 0.6) is 5.75 Å². The molecule has 0 saturated carbocycles. The van der Waals surface area contributed by atoms with E-state index in [-0.39, 0.29) is 11.8 Å². The van der Waals surface area contributed by atoms with Gasteiger partial charge in [-0.05, 0) is 67.7 Å². The Hall–Kier alpha value is -3.44. The second-order valence-electron chi connectivity index (χ2n) is 8.71. The van der Waals surface area contributed by atoms with Gasteiger partial charge in [-0.25, -0.2) is 4.98 Å². The van der Waals surface area contributed by atoms with Gasteiger partial charge in [0.2, 0.25) is 11.8 Å². The number of hydrogen-bond donors (Lipinski definition) is 1. The highest BCUT2D eigenvalue weighted by molar-refractivity contribution is 6.06. The van der Waals surface area contributed by atoms with Crippen molar-refractivity contribution < 1.29 is 14.3 Å². The van der Waals surface area contributed by atoms with Gasteiger partial charge in [-0.1, -0.05) is 0 Å². The summed E-state index contributed by atoms with van der Waals surface area (Å²) < 4.78 is 5.94. The second-order valence-corrected chi connectivity index (χ2v) is 8.71. The summed E-state index contributed by atoms with van der Waals surface area (Å²) >= 11 is 0. The number of likely N-dealkylation sites (tertiary alicyclic amines) is 1. The van der Waals surface area contributed by atoms with Crippen LogP contribution in [0.25, 0.3) is 0 Å². The van der Waals surface area contributed by atoms with Crippen molar-refractivity contribution in [1.82, 2.24) is 9.88 Å². The minimum atomic E-state index is -0.536. The molecule has 3 aliphatic heterocycles. The van der Waals surface area contributed by atoms with E-state index >= 15 is 0 Å². The quantitative estimate of drug-likeness (QED) is 0.797. The maximum Gasteiger partial charge on any atom is 0.235 e. The van der Waals surface area contributed by atoms with E-state index < -0.39 is 5.41 Å². The second kappa shape index (κ2) is 7.92. The molecule has 32 heavy (non-hydrogen) atoms. The average molecular weight is 431 g/mol. The zero-order chi connectivity index (χ0) is 22.3. The molecule has 2 amide bonds. The number of benzene rings is 1. The third-order valence-corrected chi connectivity index (χ3v) is 6.95. The molecule has 4 heterocycles. The number of aryl methyl sites for hydroxylation is 1. The Morgan fingerprint density at radius 2 is 2.03 bits per heavy atom. The van der Waals surface area contributed by atoms with Crippen LogP contribution in [0.2, 0.25) is 0 Å². The van der Waals surface area contributed by atoms with Gasteiger partial charge in [-0.2, -0.15) is 5.26 Å². The highest BCUT2D eigenvalue weighted by atomic mass is 16.5. The van der Waals surface area contributed by atoms with Crippen molar-refractivity contribution in [2.45, 2.75) is 31.1 Å². The number of rotatable bonds is 4. The number of piperidine rings is 1. The molecule has 0 unspecified atom stereocenters. The largest absolute Gasteiger partial charge is 0.491 e. The zero-order valence-corrected chi connectivity index (χ0v) is 18.1. The van der Waals surface area contributed by atoms with Crippen LogP contribution in [0.15, 0.2) is 30.5 Å². The predicted molar refractivity (Wildman–Crippen MR) is 119 cm³/mol. The lowest BCUT2D eigenvalue weighted by molar-refractivity contribution is -0.122. The molecular weight excluding hydrogens is 406 g/mol. The Morgan fingerprint density at radius 1 is 1.22 bits per heavy atom. The number of anilines is 2. The van der Waals surface area contributed by atoms with Crippen LogP contribution in [-0.4, -0.2) is 55.0 Å². The summed E-state index contributed by atoms with van der Waals surface area (Å²) in [5.41, 5.74) is 2.88. The van der Waals surface area contributed by atoms with E-state index in [0.717, 1.165) is 49.3 Å². The molecule has 1 aromatic carbocycles. The number of hydrogen-bond acceptors (Lipinski definition) is 6. The molecule has 0 radical (unpaired) electrons. The highest BCUT2D eigenvalue weighted by Crippen LogP contribution is 2.45. The van der Waals surface area contributed by atoms with Gasteiger partial charge < -0.3 is 10.1 Å². The van der Waals surface area contributed by atoms with Gasteiger partial charge >= 0.3 is 0 Å². The number of nitrogens with one attached hydrogen (secondary N) is 1. The lowest BCUT2D eigenvalue weighted by Crippen LogP contribution is -2.47. The normalized spacial score (nSPS) is 19.3. The van der Waals surface area contributed by atoms with Crippen LogP contribution in [0.4, 0.5) is 11.5 Å². The average Bonchev–Trinajstić information content (AvgIpc) is 3.08. The van der Waals surface area contributed by atoms with E-state index in [1.165, 1.54) is 0 Å². The Bertz CT molecular complexity index is 1130. The standard InChI is InChI=1S/C24H25N5O3/c1-28-21(30)5-3-17-13-18(15-26-22(17)28)32-11-10-29-8-6-24(7-9-29)19-12-16(14-25)2-4-20(19)27-23(24)31/h2,4,12-13,15H,3,5-11H2,1H3,(H,27,31). The molecule has 0 bridgehead atoms. The minimum absolute atomic E-state index is 0.0436. The fraction of sp³-hybridized carbons (Fsp3) is 0.417. The maximum atomic E-state index is 12.8. The van der Waals surface area contributed by atoms with Gasteiger partial charge in [0.05, 0.1) is 23.2 Å². The molecule has 1 spiro atoms. The molecule has 8 heteroatoms. The van der Waals surface area contributed by atoms with Crippen LogP contribution in [-0.2, 0) is 21.4 Å². The molecule has 5 rings (SSSR count). The summed E-state index contributed by atoms with van der Waals surface area (Å²) in [4.78, 5) is 32.9. The molecule has 1 N–H and O–H groups in total. The van der Waals surface area contributed by atoms with E-state index in [1.807, 2.05) is 18.2 Å². The molecule has 0 aliphatic carbocycles. The van der Waals surface area contributed by atoms with Gasteiger partial charge in [0, 0.05) is 25.7 Å². The Balaban J connectivity index is 1.18. The molecule has 2 aromatic rings. The molecular formula is C24H25N5O3. The number of ether oxygens (including phenoxy) is 1. The van der Waals surface area contributed by atoms with Crippen molar-refractivity contribution in [2.75, 3.05) is 43.5 Å². The van der Waals surface area contributed by atoms with Crippen molar-refractivity contribution in [3.05, 3.63) is 47.2 Å². The van der Waals surface area contributed by atoms with E-state index in [9.17, 15) is 14.9 Å². The van der Waals surface area contributed by atoms with Gasteiger partial charge in [-0.15, -0.1) is 0 Å². The van der Waals surface area contributed by atoms with Crippen LogP contribution in [0, 0.1) is 11.3 Å². The molecule has 1 aromatic heterocycles. The Kier molecular flexibility index (Phi) is 5.06. The molecule has 1 saturated heterocycles. The third kappa shape index (κ3) is 3.39. The van der Waals surface area contributed by atoms with E-state index in [0.29, 0.717) is 36.6 Å².